The normalized spacial score (nSPS) is 22.8. The molecule has 2 unspecified atom stereocenters. The lowest BCUT2D eigenvalue weighted by atomic mass is 9.98. The summed E-state index contributed by atoms with van der Waals surface area (Å²) in [5.74, 6) is 0.605. The third-order valence-electron chi connectivity index (χ3n) is 5.24. The second-order valence-corrected chi connectivity index (χ2v) is 7.22. The number of ether oxygens (including phenoxy) is 1. The number of hydrogen-bond acceptors (Lipinski definition) is 4. The van der Waals surface area contributed by atoms with Crippen molar-refractivity contribution in [3.8, 4) is 6.07 Å². The van der Waals surface area contributed by atoms with Crippen molar-refractivity contribution in [2.45, 2.75) is 44.8 Å². The van der Waals surface area contributed by atoms with Crippen molar-refractivity contribution in [3.05, 3.63) is 35.4 Å². The highest BCUT2D eigenvalue weighted by Crippen LogP contribution is 2.24. The summed E-state index contributed by atoms with van der Waals surface area (Å²) < 4.78 is 5.51. The highest BCUT2D eigenvalue weighted by Gasteiger charge is 2.32. The minimum atomic E-state index is -0.249. The van der Waals surface area contributed by atoms with E-state index in [0.29, 0.717) is 25.6 Å². The lowest BCUT2D eigenvalue weighted by Crippen LogP contribution is -2.51. The first-order valence-corrected chi connectivity index (χ1v) is 9.24. The number of benzene rings is 1. The zero-order chi connectivity index (χ0) is 17.8. The zero-order valence-electron chi connectivity index (χ0n) is 15.1. The Hall–Kier alpha value is -1.90. The molecule has 5 nitrogen and oxygen atoms in total. The van der Waals surface area contributed by atoms with E-state index in [1.54, 1.807) is 0 Å². The molecular weight excluding hydrogens is 314 g/mol. The number of hydrogen-bond donors (Lipinski definition) is 0. The van der Waals surface area contributed by atoms with Gasteiger partial charge in [-0.15, -0.1) is 0 Å². The van der Waals surface area contributed by atoms with Crippen LogP contribution in [-0.4, -0.2) is 54.6 Å². The lowest BCUT2D eigenvalue weighted by Gasteiger charge is -2.37. The number of piperazine rings is 1. The van der Waals surface area contributed by atoms with Crippen molar-refractivity contribution < 1.29 is 9.53 Å². The summed E-state index contributed by atoms with van der Waals surface area (Å²) in [6.07, 6.45) is 1.56. The van der Waals surface area contributed by atoms with E-state index in [-0.39, 0.29) is 18.1 Å². The van der Waals surface area contributed by atoms with Gasteiger partial charge in [0.15, 0.2) is 0 Å². The maximum absolute atomic E-state index is 12.4. The van der Waals surface area contributed by atoms with Gasteiger partial charge in [-0.05, 0) is 29.9 Å². The third kappa shape index (κ3) is 4.02. The molecule has 1 amide bonds. The van der Waals surface area contributed by atoms with Crippen LogP contribution in [0, 0.1) is 11.3 Å². The van der Waals surface area contributed by atoms with E-state index in [9.17, 15) is 10.1 Å². The fraction of sp³-hybridized carbons (Fsp3) is 0.600. The Balaban J connectivity index is 1.60. The van der Waals surface area contributed by atoms with Crippen molar-refractivity contribution in [2.24, 2.45) is 0 Å². The number of rotatable bonds is 4. The molecular formula is C20H27N3O2. The SMILES string of the molecule is CC(C)c1ccc(C(C#N)N2CCN(C(=O)C3CCCO3)CC2)cc1. The molecule has 2 atom stereocenters. The Bertz CT molecular complexity index is 621. The molecule has 0 spiro atoms. The summed E-state index contributed by atoms with van der Waals surface area (Å²) in [7, 11) is 0. The van der Waals surface area contributed by atoms with Crippen molar-refractivity contribution in [2.75, 3.05) is 32.8 Å². The Labute approximate surface area is 150 Å². The third-order valence-corrected chi connectivity index (χ3v) is 5.24. The van der Waals surface area contributed by atoms with Gasteiger partial charge in [0.1, 0.15) is 12.1 Å². The topological polar surface area (TPSA) is 56.6 Å². The predicted octanol–water partition coefficient (Wildman–Crippen LogP) is 2.70. The second kappa shape index (κ2) is 7.99. The molecule has 2 fully saturated rings. The average Bonchev–Trinajstić information content (AvgIpc) is 3.17. The van der Waals surface area contributed by atoms with Crippen LogP contribution in [-0.2, 0) is 9.53 Å². The summed E-state index contributed by atoms with van der Waals surface area (Å²) in [5, 5.41) is 9.67. The molecule has 5 heteroatoms. The molecule has 134 valence electrons. The van der Waals surface area contributed by atoms with Gasteiger partial charge in [0.05, 0.1) is 6.07 Å². The molecule has 1 aromatic carbocycles. The van der Waals surface area contributed by atoms with Crippen LogP contribution >= 0.6 is 0 Å². The molecule has 2 heterocycles. The van der Waals surface area contributed by atoms with E-state index < -0.39 is 0 Å². The predicted molar refractivity (Wildman–Crippen MR) is 96.0 cm³/mol. The first-order chi connectivity index (χ1) is 12.1. The van der Waals surface area contributed by atoms with E-state index in [4.69, 9.17) is 4.74 Å². The van der Waals surface area contributed by atoms with Gasteiger partial charge in [0.2, 0.25) is 0 Å². The van der Waals surface area contributed by atoms with Gasteiger partial charge in [-0.2, -0.15) is 5.26 Å². The number of carbonyl (C=O) groups is 1. The average molecular weight is 341 g/mol. The van der Waals surface area contributed by atoms with Gasteiger partial charge in [-0.1, -0.05) is 38.1 Å². The van der Waals surface area contributed by atoms with Crippen LogP contribution in [0.25, 0.3) is 0 Å². The van der Waals surface area contributed by atoms with E-state index >= 15 is 0 Å². The van der Waals surface area contributed by atoms with E-state index in [1.165, 1.54) is 5.56 Å². The van der Waals surface area contributed by atoms with Gasteiger partial charge in [0, 0.05) is 32.8 Å². The van der Waals surface area contributed by atoms with E-state index in [0.717, 1.165) is 31.5 Å². The van der Waals surface area contributed by atoms with Crippen molar-refractivity contribution in [3.63, 3.8) is 0 Å². The smallest absolute Gasteiger partial charge is 0.251 e. The monoisotopic (exact) mass is 341 g/mol. The van der Waals surface area contributed by atoms with Crippen LogP contribution in [0.5, 0.6) is 0 Å². The molecule has 2 aliphatic rings. The Kier molecular flexibility index (Phi) is 5.72. The number of carbonyl (C=O) groups excluding carboxylic acids is 1. The molecule has 1 aromatic rings. The molecule has 0 bridgehead atoms. The summed E-state index contributed by atoms with van der Waals surface area (Å²) in [6.45, 7) is 7.81. The van der Waals surface area contributed by atoms with Crippen LogP contribution in [0.2, 0.25) is 0 Å². The quantitative estimate of drug-likeness (QED) is 0.845. The number of nitrogens with zero attached hydrogens (tertiary/aromatic N) is 3. The van der Waals surface area contributed by atoms with Crippen LogP contribution in [0.15, 0.2) is 24.3 Å². The first kappa shape index (κ1) is 17.9. The standard InChI is InChI=1S/C20H27N3O2/c1-15(2)16-5-7-17(8-6-16)18(14-21)22-9-11-23(12-10-22)20(24)19-4-3-13-25-19/h5-8,15,18-19H,3-4,9-13H2,1-2H3. The van der Waals surface area contributed by atoms with Crippen LogP contribution in [0.3, 0.4) is 0 Å². The van der Waals surface area contributed by atoms with Gasteiger partial charge in [0.25, 0.3) is 5.91 Å². The minimum absolute atomic E-state index is 0.118. The number of nitriles is 1. The Morgan fingerprint density at radius 1 is 1.16 bits per heavy atom. The van der Waals surface area contributed by atoms with Crippen LogP contribution < -0.4 is 0 Å². The molecule has 0 saturated carbocycles. The fourth-order valence-corrected chi connectivity index (χ4v) is 3.61. The molecule has 2 aliphatic heterocycles. The van der Waals surface area contributed by atoms with Gasteiger partial charge in [-0.25, -0.2) is 0 Å². The maximum Gasteiger partial charge on any atom is 0.251 e. The summed E-state index contributed by atoms with van der Waals surface area (Å²) in [5.41, 5.74) is 2.32. The summed E-state index contributed by atoms with van der Waals surface area (Å²) >= 11 is 0. The highest BCUT2D eigenvalue weighted by molar-refractivity contribution is 5.81. The van der Waals surface area contributed by atoms with Gasteiger partial charge < -0.3 is 9.64 Å². The van der Waals surface area contributed by atoms with Crippen LogP contribution in [0.1, 0.15) is 49.8 Å². The molecule has 0 radical (unpaired) electrons. The van der Waals surface area contributed by atoms with Crippen molar-refractivity contribution in [1.29, 1.82) is 5.26 Å². The molecule has 0 aromatic heterocycles. The van der Waals surface area contributed by atoms with E-state index in [2.05, 4.69) is 49.1 Å². The molecule has 0 N–H and O–H groups in total. The van der Waals surface area contributed by atoms with E-state index in [1.807, 2.05) is 4.90 Å². The number of amides is 1. The minimum Gasteiger partial charge on any atom is -0.368 e. The highest BCUT2D eigenvalue weighted by atomic mass is 16.5. The lowest BCUT2D eigenvalue weighted by molar-refractivity contribution is -0.142. The molecule has 25 heavy (non-hydrogen) atoms. The Morgan fingerprint density at radius 2 is 1.80 bits per heavy atom. The Morgan fingerprint density at radius 3 is 2.32 bits per heavy atom. The molecule has 2 saturated heterocycles. The fourth-order valence-electron chi connectivity index (χ4n) is 3.61. The van der Waals surface area contributed by atoms with Gasteiger partial charge in [-0.3, -0.25) is 9.69 Å². The maximum atomic E-state index is 12.4. The molecule has 3 rings (SSSR count). The van der Waals surface area contributed by atoms with Crippen LogP contribution in [0.4, 0.5) is 0 Å². The van der Waals surface area contributed by atoms with Crippen molar-refractivity contribution >= 4 is 5.91 Å². The summed E-state index contributed by atoms with van der Waals surface area (Å²) in [6, 6.07) is 10.5. The summed E-state index contributed by atoms with van der Waals surface area (Å²) in [4.78, 5) is 16.5. The van der Waals surface area contributed by atoms with Gasteiger partial charge >= 0.3 is 0 Å². The largest absolute Gasteiger partial charge is 0.368 e. The first-order valence-electron chi connectivity index (χ1n) is 9.24. The second-order valence-electron chi connectivity index (χ2n) is 7.22. The molecule has 0 aliphatic carbocycles. The van der Waals surface area contributed by atoms with Crippen molar-refractivity contribution in [1.82, 2.24) is 9.80 Å². The zero-order valence-corrected chi connectivity index (χ0v) is 15.1.